The number of pyridine rings is 1. The topological polar surface area (TPSA) is 96.7 Å². The molecule has 0 spiro atoms. The van der Waals surface area contributed by atoms with Crippen LogP contribution in [0.15, 0.2) is 30.3 Å². The van der Waals surface area contributed by atoms with E-state index >= 15 is 0 Å². The number of aliphatic carboxylic acids is 1. The van der Waals surface area contributed by atoms with Crippen LogP contribution < -0.4 is 0 Å². The maximum Gasteiger partial charge on any atom is 0.322 e. The van der Waals surface area contributed by atoms with Crippen LogP contribution in [0, 0.1) is 5.82 Å². The van der Waals surface area contributed by atoms with Gasteiger partial charge in [0.15, 0.2) is 5.16 Å². The Morgan fingerprint density at radius 2 is 1.73 bits per heavy atom. The molecule has 0 bridgehead atoms. The Bertz CT molecular complexity index is 1040. The summed E-state index contributed by atoms with van der Waals surface area (Å²) in [5.41, 5.74) is 0.141. The van der Waals surface area contributed by atoms with Crippen molar-refractivity contribution in [3.05, 3.63) is 53.1 Å². The van der Waals surface area contributed by atoms with E-state index in [1.165, 1.54) is 26.2 Å². The Balaban J connectivity index is 3.11. The molecular weight excluding hydrogens is 444 g/mol. The van der Waals surface area contributed by atoms with E-state index in [1.54, 1.807) is 25.1 Å². The van der Waals surface area contributed by atoms with Gasteiger partial charge in [0.05, 0.1) is 0 Å². The van der Waals surface area contributed by atoms with E-state index in [0.29, 0.717) is 16.8 Å². The average molecular weight is 480 g/mol. The van der Waals surface area contributed by atoms with Crippen molar-refractivity contribution in [2.75, 3.05) is 7.11 Å². The van der Waals surface area contributed by atoms with Gasteiger partial charge in [-0.15, -0.1) is 0 Å². The highest BCUT2D eigenvalue weighted by atomic mass is 31.1. The van der Waals surface area contributed by atoms with Gasteiger partial charge >= 0.3 is 5.97 Å². The van der Waals surface area contributed by atoms with Gasteiger partial charge in [-0.05, 0) is 48.6 Å². The van der Waals surface area contributed by atoms with Gasteiger partial charge in [0.25, 0.3) is 0 Å². The fourth-order valence-electron chi connectivity index (χ4n) is 4.26. The lowest BCUT2D eigenvalue weighted by Crippen LogP contribution is -2.53. The van der Waals surface area contributed by atoms with E-state index in [-0.39, 0.29) is 23.3 Å². The Kier molecular flexibility index (Phi) is 7.95. The minimum atomic E-state index is -3.25. The Hall–Kier alpha value is -2.08. The van der Waals surface area contributed by atoms with E-state index < -0.39 is 30.6 Å². The Labute approximate surface area is 196 Å². The number of hydrogen-bond acceptors (Lipinski definition) is 5. The summed E-state index contributed by atoms with van der Waals surface area (Å²) in [6, 6.07) is 7.57. The van der Waals surface area contributed by atoms with E-state index in [2.05, 4.69) is 0 Å². The van der Waals surface area contributed by atoms with Gasteiger partial charge in [-0.2, -0.15) is 0 Å². The number of aromatic nitrogens is 1. The summed E-state index contributed by atoms with van der Waals surface area (Å²) < 4.78 is 31.9. The average Bonchev–Trinajstić information content (AvgIpc) is 2.72. The third-order valence-electron chi connectivity index (χ3n) is 6.27. The second kappa shape index (κ2) is 9.65. The molecule has 1 heterocycles. The minimum absolute atomic E-state index is 0.137. The van der Waals surface area contributed by atoms with Gasteiger partial charge in [-0.1, -0.05) is 53.7 Å². The summed E-state index contributed by atoms with van der Waals surface area (Å²) in [6.45, 7) is 12.7. The maximum atomic E-state index is 13.7. The van der Waals surface area contributed by atoms with Crippen LogP contribution in [0.4, 0.5) is 4.39 Å². The minimum Gasteiger partial charge on any atom is -0.480 e. The molecule has 0 amide bonds. The van der Waals surface area contributed by atoms with E-state index in [0.717, 1.165) is 5.69 Å². The Morgan fingerprint density at radius 3 is 2.12 bits per heavy atom. The summed E-state index contributed by atoms with van der Waals surface area (Å²) in [5, 5.41) is 20.2. The SMILES string of the molecule is CCC(C(=O)O)([PH](=O)OC)C(C)(O)c1c(-c2ccc(F)cc2)cc(C(C)(C)C)nc1C(C)C. The number of aliphatic hydroxyl groups is 1. The number of halogens is 1. The zero-order valence-corrected chi connectivity index (χ0v) is 21.6. The highest BCUT2D eigenvalue weighted by molar-refractivity contribution is 7.42. The number of carbonyl (C=O) groups is 1. The number of hydrogen-bond donors (Lipinski definition) is 2. The van der Waals surface area contributed by atoms with Gasteiger partial charge in [0.1, 0.15) is 11.4 Å². The van der Waals surface area contributed by atoms with Crippen LogP contribution in [0.1, 0.15) is 77.8 Å². The van der Waals surface area contributed by atoms with Crippen LogP contribution in [0.2, 0.25) is 0 Å². The second-order valence-corrected chi connectivity index (χ2v) is 11.7. The molecule has 3 unspecified atom stereocenters. The first-order valence-corrected chi connectivity index (χ1v) is 12.3. The summed E-state index contributed by atoms with van der Waals surface area (Å²) in [4.78, 5) is 17.4. The van der Waals surface area contributed by atoms with Crippen LogP contribution in [0.25, 0.3) is 11.1 Å². The summed E-state index contributed by atoms with van der Waals surface area (Å²) in [6.07, 6.45) is -0.137. The lowest BCUT2D eigenvalue weighted by Gasteiger charge is -2.43. The molecule has 0 saturated carbocycles. The van der Waals surface area contributed by atoms with Gasteiger partial charge in [0, 0.05) is 29.5 Å². The standard InChI is InChI=1S/C25H35FNO5P/c1-9-25(22(28)29,33(31)32-8)24(7,30)20-18(16-10-12-17(26)13-11-16)14-19(23(4,5)6)27-21(20)15(2)3/h10-15,30,33H,9H2,1-8H3,(H,28,29). The molecule has 0 aliphatic rings. The van der Waals surface area contributed by atoms with E-state index in [9.17, 15) is 24.0 Å². The largest absolute Gasteiger partial charge is 0.480 e. The molecule has 1 aromatic heterocycles. The second-order valence-electron chi connectivity index (χ2n) is 9.85. The predicted octanol–water partition coefficient (Wildman–Crippen LogP) is 5.87. The number of carboxylic acids is 1. The van der Waals surface area contributed by atoms with Crippen molar-refractivity contribution < 1.29 is 28.5 Å². The first-order valence-electron chi connectivity index (χ1n) is 11.0. The first kappa shape index (κ1) is 27.2. The third-order valence-corrected chi connectivity index (χ3v) is 8.39. The smallest absolute Gasteiger partial charge is 0.322 e. The highest BCUT2D eigenvalue weighted by Crippen LogP contribution is 2.56. The zero-order valence-electron chi connectivity index (χ0n) is 20.6. The number of nitrogens with zero attached hydrogens (tertiary/aromatic N) is 1. The summed E-state index contributed by atoms with van der Waals surface area (Å²) in [7, 11) is -2.08. The lowest BCUT2D eigenvalue weighted by molar-refractivity contribution is -0.149. The van der Waals surface area contributed by atoms with Crippen molar-refractivity contribution >= 4 is 14.0 Å². The fourth-order valence-corrected chi connectivity index (χ4v) is 5.59. The maximum absolute atomic E-state index is 13.7. The molecule has 0 aliphatic heterocycles. The Morgan fingerprint density at radius 1 is 1.18 bits per heavy atom. The monoisotopic (exact) mass is 479 g/mol. The quantitative estimate of drug-likeness (QED) is 0.460. The van der Waals surface area contributed by atoms with Gasteiger partial charge in [0.2, 0.25) is 8.03 Å². The molecule has 0 fully saturated rings. The van der Waals surface area contributed by atoms with Crippen LogP contribution in [-0.4, -0.2) is 33.4 Å². The molecule has 0 radical (unpaired) electrons. The number of rotatable bonds is 8. The number of carboxylic acid groups (broad SMARTS) is 1. The van der Waals surface area contributed by atoms with Crippen LogP contribution in [0.5, 0.6) is 0 Å². The number of benzene rings is 1. The van der Waals surface area contributed by atoms with Crippen LogP contribution in [-0.2, 0) is 24.9 Å². The van der Waals surface area contributed by atoms with Crippen LogP contribution >= 0.6 is 8.03 Å². The molecule has 3 atom stereocenters. The van der Waals surface area contributed by atoms with Gasteiger partial charge in [-0.25, -0.2) is 4.39 Å². The summed E-state index contributed by atoms with van der Waals surface area (Å²) in [5.74, 6) is -2.03. The fraction of sp³-hybridized carbons (Fsp3) is 0.520. The van der Waals surface area contributed by atoms with Gasteiger partial charge < -0.3 is 14.7 Å². The van der Waals surface area contributed by atoms with Crippen molar-refractivity contribution in [2.45, 2.75) is 77.0 Å². The van der Waals surface area contributed by atoms with Gasteiger partial charge in [-0.3, -0.25) is 14.3 Å². The van der Waals surface area contributed by atoms with Crippen LogP contribution in [0.3, 0.4) is 0 Å². The van der Waals surface area contributed by atoms with E-state index in [1.807, 2.05) is 34.6 Å². The molecule has 182 valence electrons. The zero-order chi connectivity index (χ0) is 25.4. The predicted molar refractivity (Wildman–Crippen MR) is 129 cm³/mol. The molecule has 2 N–H and O–H groups in total. The normalized spacial score (nSPS) is 16.8. The van der Waals surface area contributed by atoms with E-state index in [4.69, 9.17) is 9.51 Å². The van der Waals surface area contributed by atoms with Crippen molar-refractivity contribution in [3.8, 4) is 11.1 Å². The molecule has 2 rings (SSSR count). The molecule has 0 aliphatic carbocycles. The van der Waals surface area contributed by atoms with Crippen molar-refractivity contribution in [1.82, 2.24) is 4.98 Å². The summed E-state index contributed by atoms with van der Waals surface area (Å²) >= 11 is 0. The molecule has 2 aromatic rings. The molecule has 1 aromatic carbocycles. The molecule has 6 nitrogen and oxygen atoms in total. The highest BCUT2D eigenvalue weighted by Gasteiger charge is 2.59. The van der Waals surface area contributed by atoms with Crippen molar-refractivity contribution in [3.63, 3.8) is 0 Å². The molecule has 0 saturated heterocycles. The van der Waals surface area contributed by atoms with Crippen molar-refractivity contribution in [1.29, 1.82) is 0 Å². The molecule has 8 heteroatoms. The van der Waals surface area contributed by atoms with Crippen molar-refractivity contribution in [2.24, 2.45) is 0 Å². The molecular formula is C25H35FNO5P. The first-order chi connectivity index (χ1) is 15.1. The third kappa shape index (κ3) is 4.77. The molecule has 33 heavy (non-hydrogen) atoms. The lowest BCUT2D eigenvalue weighted by atomic mass is 9.74.